The molecular formula is C11H23ClN2O. The zero-order chi connectivity index (χ0) is 11.0. The molecule has 0 radical (unpaired) electrons. The summed E-state index contributed by atoms with van der Waals surface area (Å²) in [5, 5.41) is 2.79. The number of rotatable bonds is 7. The second-order valence-electron chi connectivity index (χ2n) is 4.23. The van der Waals surface area contributed by atoms with Gasteiger partial charge in [-0.25, -0.2) is 0 Å². The van der Waals surface area contributed by atoms with Crippen LogP contribution in [0.2, 0.25) is 0 Å². The van der Waals surface area contributed by atoms with Crippen LogP contribution in [0.5, 0.6) is 0 Å². The lowest BCUT2D eigenvalue weighted by Gasteiger charge is -2.29. The van der Waals surface area contributed by atoms with E-state index in [1.54, 1.807) is 0 Å². The molecule has 0 bridgehead atoms. The summed E-state index contributed by atoms with van der Waals surface area (Å²) in [6.45, 7) is 8.46. The summed E-state index contributed by atoms with van der Waals surface area (Å²) < 4.78 is 0.964. The summed E-state index contributed by atoms with van der Waals surface area (Å²) in [4.78, 5) is 10.9. The van der Waals surface area contributed by atoms with E-state index in [1.165, 1.54) is 25.5 Å². The number of carbonyl (C=O) groups is 1. The highest BCUT2D eigenvalue weighted by Gasteiger charge is 2.13. The van der Waals surface area contributed by atoms with Gasteiger partial charge in [0.2, 0.25) is 5.91 Å². The topological polar surface area (TPSA) is 29.1 Å². The summed E-state index contributed by atoms with van der Waals surface area (Å²) >= 11 is 0. The average molecular weight is 235 g/mol. The highest BCUT2D eigenvalue weighted by Crippen LogP contribution is 2.00. The van der Waals surface area contributed by atoms with Gasteiger partial charge in [-0.3, -0.25) is 4.79 Å². The number of unbranched alkanes of at least 4 members (excludes halogenated alkanes) is 1. The van der Waals surface area contributed by atoms with Gasteiger partial charge >= 0.3 is 0 Å². The molecule has 0 aromatic rings. The minimum atomic E-state index is -0.0829. The van der Waals surface area contributed by atoms with Crippen LogP contribution in [0.25, 0.3) is 0 Å². The zero-order valence-corrected chi connectivity index (χ0v) is 10.8. The van der Waals surface area contributed by atoms with Crippen LogP contribution in [0.1, 0.15) is 19.8 Å². The highest BCUT2D eigenvalue weighted by molar-refractivity contribution is 5.86. The highest BCUT2D eigenvalue weighted by atomic mass is 35.5. The maximum Gasteiger partial charge on any atom is 0.243 e. The number of hydrogen-bond donors (Lipinski definition) is 1. The third-order valence-electron chi connectivity index (χ3n) is 2.32. The summed E-state index contributed by atoms with van der Waals surface area (Å²) in [5.74, 6) is -0.0829. The van der Waals surface area contributed by atoms with Crippen LogP contribution in [0.4, 0.5) is 0 Å². The van der Waals surface area contributed by atoms with Gasteiger partial charge in [0.05, 0.1) is 33.7 Å². The van der Waals surface area contributed by atoms with Gasteiger partial charge in [0.15, 0.2) is 0 Å². The predicted octanol–water partition coefficient (Wildman–Crippen LogP) is -1.83. The Hall–Kier alpha value is -0.540. The van der Waals surface area contributed by atoms with Gasteiger partial charge in [0.25, 0.3) is 0 Å². The maximum absolute atomic E-state index is 10.9. The fourth-order valence-electron chi connectivity index (χ4n) is 1.25. The third kappa shape index (κ3) is 9.76. The number of quaternary nitrogens is 1. The standard InChI is InChI=1S/C11H22N2O.ClH/c1-5-7-9-13(3,4)10-8-12-11(14)6-2;/h6H,2,5,7-10H2,1,3-4H3;1H. The first-order valence-corrected chi connectivity index (χ1v) is 5.24. The van der Waals surface area contributed by atoms with Crippen molar-refractivity contribution in [1.82, 2.24) is 5.32 Å². The SMILES string of the molecule is C=CC(=O)NCC[N+](C)(C)CCCC.[Cl-]. The van der Waals surface area contributed by atoms with Gasteiger partial charge in [0.1, 0.15) is 0 Å². The second-order valence-corrected chi connectivity index (χ2v) is 4.23. The predicted molar refractivity (Wildman–Crippen MR) is 60.0 cm³/mol. The van der Waals surface area contributed by atoms with E-state index in [-0.39, 0.29) is 18.3 Å². The first-order chi connectivity index (χ1) is 6.52. The van der Waals surface area contributed by atoms with Crippen LogP contribution in [0.3, 0.4) is 0 Å². The van der Waals surface area contributed by atoms with Crippen LogP contribution in [0, 0.1) is 0 Å². The summed E-state index contributed by atoms with van der Waals surface area (Å²) in [6, 6.07) is 0. The molecule has 0 rings (SSSR count). The first kappa shape index (κ1) is 16.9. The smallest absolute Gasteiger partial charge is 0.243 e. The Labute approximate surface area is 99.5 Å². The molecule has 1 N–H and O–H groups in total. The van der Waals surface area contributed by atoms with Crippen molar-refractivity contribution in [2.24, 2.45) is 0 Å². The summed E-state index contributed by atoms with van der Waals surface area (Å²) in [7, 11) is 4.38. The largest absolute Gasteiger partial charge is 1.00 e. The Morgan fingerprint density at radius 3 is 2.47 bits per heavy atom. The van der Waals surface area contributed by atoms with E-state index < -0.39 is 0 Å². The van der Waals surface area contributed by atoms with Crippen molar-refractivity contribution >= 4 is 5.91 Å². The molecule has 0 saturated carbocycles. The lowest BCUT2D eigenvalue weighted by molar-refractivity contribution is -0.889. The maximum atomic E-state index is 10.9. The molecule has 0 aromatic heterocycles. The van der Waals surface area contributed by atoms with Crippen molar-refractivity contribution in [2.45, 2.75) is 19.8 Å². The monoisotopic (exact) mass is 234 g/mol. The third-order valence-corrected chi connectivity index (χ3v) is 2.32. The molecule has 1 amide bonds. The second kappa shape index (κ2) is 8.74. The average Bonchev–Trinajstić information content (AvgIpc) is 2.14. The van der Waals surface area contributed by atoms with E-state index >= 15 is 0 Å². The number of amides is 1. The van der Waals surface area contributed by atoms with E-state index in [0.717, 1.165) is 17.6 Å². The molecule has 0 aromatic carbocycles. The number of hydrogen-bond acceptors (Lipinski definition) is 1. The lowest BCUT2D eigenvalue weighted by atomic mass is 10.3. The van der Waals surface area contributed by atoms with Crippen molar-refractivity contribution in [1.29, 1.82) is 0 Å². The Morgan fingerprint density at radius 1 is 1.40 bits per heavy atom. The van der Waals surface area contributed by atoms with Crippen molar-refractivity contribution in [3.05, 3.63) is 12.7 Å². The molecule has 0 saturated heterocycles. The number of nitrogens with one attached hydrogen (secondary N) is 1. The molecule has 0 atom stereocenters. The molecule has 0 heterocycles. The Morgan fingerprint density at radius 2 is 2.00 bits per heavy atom. The molecular weight excluding hydrogens is 212 g/mol. The van der Waals surface area contributed by atoms with Crippen LogP contribution in [-0.4, -0.2) is 44.1 Å². The van der Waals surface area contributed by atoms with Crippen LogP contribution < -0.4 is 17.7 Å². The van der Waals surface area contributed by atoms with Gasteiger partial charge < -0.3 is 22.2 Å². The van der Waals surface area contributed by atoms with E-state index in [9.17, 15) is 4.79 Å². The van der Waals surface area contributed by atoms with Crippen molar-refractivity contribution < 1.29 is 21.7 Å². The molecule has 3 nitrogen and oxygen atoms in total. The number of nitrogens with zero attached hydrogens (tertiary/aromatic N) is 1. The quantitative estimate of drug-likeness (QED) is 0.408. The Balaban J connectivity index is 0. The summed E-state index contributed by atoms with van der Waals surface area (Å²) in [5.41, 5.74) is 0. The first-order valence-electron chi connectivity index (χ1n) is 5.24. The van der Waals surface area contributed by atoms with Crippen molar-refractivity contribution in [3.63, 3.8) is 0 Å². The van der Waals surface area contributed by atoms with Gasteiger partial charge in [0, 0.05) is 0 Å². The summed E-state index contributed by atoms with van der Waals surface area (Å²) in [6.07, 6.45) is 3.77. The fourth-order valence-corrected chi connectivity index (χ4v) is 1.25. The van der Waals surface area contributed by atoms with Crippen molar-refractivity contribution in [3.8, 4) is 0 Å². The Kier molecular flexibility index (Phi) is 9.84. The van der Waals surface area contributed by atoms with Crippen LogP contribution in [-0.2, 0) is 4.79 Å². The molecule has 0 fully saturated rings. The van der Waals surface area contributed by atoms with Crippen LogP contribution >= 0.6 is 0 Å². The van der Waals surface area contributed by atoms with E-state index in [2.05, 4.69) is 32.9 Å². The van der Waals surface area contributed by atoms with E-state index in [4.69, 9.17) is 0 Å². The van der Waals surface area contributed by atoms with Gasteiger partial charge in [-0.05, 0) is 12.5 Å². The van der Waals surface area contributed by atoms with Gasteiger partial charge in [-0.2, -0.15) is 0 Å². The van der Waals surface area contributed by atoms with Gasteiger partial charge in [-0.1, -0.05) is 19.9 Å². The molecule has 0 aliphatic rings. The van der Waals surface area contributed by atoms with Gasteiger partial charge in [-0.15, -0.1) is 0 Å². The van der Waals surface area contributed by atoms with E-state index in [1.807, 2.05) is 0 Å². The molecule has 4 heteroatoms. The minimum absolute atomic E-state index is 0. The number of likely N-dealkylation sites (N-methyl/N-ethyl adjacent to an activating group) is 1. The minimum Gasteiger partial charge on any atom is -1.00 e. The van der Waals surface area contributed by atoms with E-state index in [0.29, 0.717) is 0 Å². The molecule has 15 heavy (non-hydrogen) atoms. The van der Waals surface area contributed by atoms with Crippen LogP contribution in [0.15, 0.2) is 12.7 Å². The molecule has 0 spiro atoms. The molecule has 0 unspecified atom stereocenters. The molecule has 0 aliphatic heterocycles. The Bertz CT molecular complexity index is 193. The number of carbonyl (C=O) groups excluding carboxylic acids is 1. The normalized spacial score (nSPS) is 10.3. The lowest BCUT2D eigenvalue weighted by Crippen LogP contribution is -3.00. The molecule has 0 aliphatic carbocycles. The fraction of sp³-hybridized carbons (Fsp3) is 0.727. The number of halogens is 1. The molecule has 90 valence electrons. The zero-order valence-electron chi connectivity index (χ0n) is 10.1. The van der Waals surface area contributed by atoms with Crippen molar-refractivity contribution in [2.75, 3.05) is 33.7 Å².